The first-order valence-electron chi connectivity index (χ1n) is 10.2. The van der Waals surface area contributed by atoms with Crippen molar-refractivity contribution in [3.8, 4) is 0 Å². The second kappa shape index (κ2) is 8.61. The molecule has 0 radical (unpaired) electrons. The van der Waals surface area contributed by atoms with Gasteiger partial charge in [-0.05, 0) is 72.7 Å². The number of aryl methyl sites for hydroxylation is 2. The summed E-state index contributed by atoms with van der Waals surface area (Å²) >= 11 is 0. The number of halogens is 1. The smallest absolute Gasteiger partial charge is 0.246 e. The van der Waals surface area contributed by atoms with Gasteiger partial charge in [-0.25, -0.2) is 9.37 Å². The summed E-state index contributed by atoms with van der Waals surface area (Å²) in [6, 6.07) is 6.85. The van der Waals surface area contributed by atoms with Crippen LogP contribution in [-0.2, 0) is 22.4 Å². The van der Waals surface area contributed by atoms with Crippen molar-refractivity contribution in [1.29, 1.82) is 0 Å². The van der Waals surface area contributed by atoms with Gasteiger partial charge in [0.15, 0.2) is 0 Å². The third-order valence-corrected chi connectivity index (χ3v) is 5.62. The number of aromatic nitrogens is 1. The number of carbonyl (C=O) groups is 2. The highest BCUT2D eigenvalue weighted by atomic mass is 19.1. The zero-order chi connectivity index (χ0) is 21.1. The Bertz CT molecular complexity index is 1060. The van der Waals surface area contributed by atoms with Crippen molar-refractivity contribution in [3.05, 3.63) is 76.3 Å². The Morgan fingerprint density at radius 1 is 1.27 bits per heavy atom. The number of anilines is 1. The molecule has 5 nitrogen and oxygen atoms in total. The number of rotatable bonds is 4. The summed E-state index contributed by atoms with van der Waals surface area (Å²) < 4.78 is 13.3. The monoisotopic (exact) mass is 405 g/mol. The number of hydrogen-bond acceptors (Lipinski definition) is 3. The van der Waals surface area contributed by atoms with Gasteiger partial charge >= 0.3 is 0 Å². The molecule has 0 saturated carbocycles. The van der Waals surface area contributed by atoms with Crippen molar-refractivity contribution in [2.75, 3.05) is 18.4 Å². The van der Waals surface area contributed by atoms with Gasteiger partial charge in [-0.15, -0.1) is 0 Å². The molecule has 0 saturated heterocycles. The fraction of sp³-hybridized carbons (Fsp3) is 0.292. The molecule has 2 aromatic rings. The van der Waals surface area contributed by atoms with Crippen LogP contribution in [-0.4, -0.2) is 34.8 Å². The van der Waals surface area contributed by atoms with Crippen LogP contribution in [0, 0.1) is 12.7 Å². The van der Waals surface area contributed by atoms with E-state index in [1.165, 1.54) is 11.6 Å². The molecule has 0 bridgehead atoms. The van der Waals surface area contributed by atoms with E-state index in [9.17, 15) is 14.0 Å². The molecular weight excluding hydrogens is 381 g/mol. The Morgan fingerprint density at radius 2 is 2.13 bits per heavy atom. The summed E-state index contributed by atoms with van der Waals surface area (Å²) in [6.07, 6.45) is 9.84. The lowest BCUT2D eigenvalue weighted by molar-refractivity contribution is -0.125. The van der Waals surface area contributed by atoms with Gasteiger partial charge in [0.2, 0.25) is 11.8 Å². The Labute approximate surface area is 175 Å². The van der Waals surface area contributed by atoms with Gasteiger partial charge < -0.3 is 10.2 Å². The number of benzene rings is 1. The minimum Gasteiger partial charge on any atom is -0.335 e. The lowest BCUT2D eigenvalue weighted by atomic mass is 9.96. The fourth-order valence-electron chi connectivity index (χ4n) is 3.81. The standard InChI is InChI=1S/C24H24FN3O2/c1-16-12-21(25)5-3-19(16)13-17-8-10-28(11-9-17)23(30)7-2-18-14-20-4-6-22(29)27-24(20)26-15-18/h2-3,5,7-8,12,14-15H,4,6,9-11,13H2,1H3,(H,26,27,29)/b7-2+. The van der Waals surface area contributed by atoms with E-state index in [1.54, 1.807) is 24.4 Å². The normalized spacial score (nSPS) is 16.3. The highest BCUT2D eigenvalue weighted by molar-refractivity contribution is 5.94. The summed E-state index contributed by atoms with van der Waals surface area (Å²) in [7, 11) is 0. The highest BCUT2D eigenvalue weighted by Gasteiger charge is 2.17. The average molecular weight is 405 g/mol. The SMILES string of the molecule is Cc1cc(F)ccc1CC1=CCN(C(=O)/C=C/c2cnc3c(c2)CCC(=O)N3)CC1. The fourth-order valence-corrected chi connectivity index (χ4v) is 3.81. The average Bonchev–Trinajstić information content (AvgIpc) is 2.74. The summed E-state index contributed by atoms with van der Waals surface area (Å²) in [5.41, 5.74) is 5.19. The van der Waals surface area contributed by atoms with E-state index < -0.39 is 0 Å². The Hall–Kier alpha value is -3.28. The summed E-state index contributed by atoms with van der Waals surface area (Å²) in [4.78, 5) is 30.1. The van der Waals surface area contributed by atoms with Gasteiger partial charge in [-0.2, -0.15) is 0 Å². The molecule has 2 aliphatic heterocycles. The first kappa shape index (κ1) is 20.0. The minimum absolute atomic E-state index is 0.0134. The Balaban J connectivity index is 1.35. The van der Waals surface area contributed by atoms with Crippen molar-refractivity contribution in [2.45, 2.75) is 32.6 Å². The highest BCUT2D eigenvalue weighted by Crippen LogP contribution is 2.22. The van der Waals surface area contributed by atoms with Crippen LogP contribution in [0.15, 0.2) is 48.2 Å². The molecule has 30 heavy (non-hydrogen) atoms. The molecule has 4 rings (SSSR count). The van der Waals surface area contributed by atoms with Crippen LogP contribution in [0.25, 0.3) is 6.08 Å². The lowest BCUT2D eigenvalue weighted by Crippen LogP contribution is -2.33. The summed E-state index contributed by atoms with van der Waals surface area (Å²) in [6.45, 7) is 3.17. The largest absolute Gasteiger partial charge is 0.335 e. The second-order valence-corrected chi connectivity index (χ2v) is 7.80. The zero-order valence-corrected chi connectivity index (χ0v) is 17.0. The van der Waals surface area contributed by atoms with Crippen molar-refractivity contribution in [3.63, 3.8) is 0 Å². The van der Waals surface area contributed by atoms with Crippen LogP contribution in [0.2, 0.25) is 0 Å². The molecule has 0 spiro atoms. The first-order chi connectivity index (χ1) is 14.5. The number of nitrogens with zero attached hydrogens (tertiary/aromatic N) is 2. The first-order valence-corrected chi connectivity index (χ1v) is 10.2. The maximum Gasteiger partial charge on any atom is 0.246 e. The van der Waals surface area contributed by atoms with Gasteiger partial charge in [-0.3, -0.25) is 9.59 Å². The van der Waals surface area contributed by atoms with Crippen molar-refractivity contribution < 1.29 is 14.0 Å². The molecule has 0 fully saturated rings. The molecule has 0 atom stereocenters. The topological polar surface area (TPSA) is 62.3 Å². The van der Waals surface area contributed by atoms with Crippen LogP contribution < -0.4 is 5.32 Å². The lowest BCUT2D eigenvalue weighted by Gasteiger charge is -2.26. The maximum atomic E-state index is 13.3. The number of pyridine rings is 1. The van der Waals surface area contributed by atoms with Crippen LogP contribution in [0.5, 0.6) is 0 Å². The van der Waals surface area contributed by atoms with Gasteiger partial charge in [-0.1, -0.05) is 17.7 Å². The van der Waals surface area contributed by atoms with Gasteiger partial charge in [0, 0.05) is 31.8 Å². The molecular formula is C24H24FN3O2. The van der Waals surface area contributed by atoms with E-state index in [4.69, 9.17) is 0 Å². The minimum atomic E-state index is -0.212. The van der Waals surface area contributed by atoms with Crippen molar-refractivity contribution in [2.24, 2.45) is 0 Å². The number of hydrogen-bond donors (Lipinski definition) is 1. The molecule has 2 amide bonds. The molecule has 2 aliphatic rings. The number of nitrogens with one attached hydrogen (secondary N) is 1. The molecule has 1 N–H and O–H groups in total. The van der Waals surface area contributed by atoms with Crippen LogP contribution >= 0.6 is 0 Å². The quantitative estimate of drug-likeness (QED) is 0.621. The molecule has 1 aromatic carbocycles. The number of carbonyl (C=O) groups excluding carboxylic acids is 2. The summed E-state index contributed by atoms with van der Waals surface area (Å²) in [5.74, 6) is 0.353. The maximum absolute atomic E-state index is 13.3. The van der Waals surface area contributed by atoms with Crippen LogP contribution in [0.4, 0.5) is 10.2 Å². The van der Waals surface area contributed by atoms with E-state index >= 15 is 0 Å². The predicted molar refractivity (Wildman–Crippen MR) is 114 cm³/mol. The number of fused-ring (bicyclic) bond motifs is 1. The van der Waals surface area contributed by atoms with Gasteiger partial charge in [0.05, 0.1) is 0 Å². The third kappa shape index (κ3) is 4.64. The summed E-state index contributed by atoms with van der Waals surface area (Å²) in [5, 5.41) is 2.76. The van der Waals surface area contributed by atoms with E-state index in [2.05, 4.69) is 16.4 Å². The third-order valence-electron chi connectivity index (χ3n) is 5.62. The van der Waals surface area contributed by atoms with E-state index in [-0.39, 0.29) is 17.6 Å². The van der Waals surface area contributed by atoms with E-state index in [0.29, 0.717) is 31.7 Å². The van der Waals surface area contributed by atoms with Gasteiger partial charge in [0.1, 0.15) is 11.6 Å². The van der Waals surface area contributed by atoms with E-state index in [0.717, 1.165) is 35.1 Å². The molecule has 3 heterocycles. The Kier molecular flexibility index (Phi) is 5.74. The van der Waals surface area contributed by atoms with Crippen molar-refractivity contribution in [1.82, 2.24) is 9.88 Å². The molecule has 154 valence electrons. The zero-order valence-electron chi connectivity index (χ0n) is 17.0. The molecule has 1 aromatic heterocycles. The molecule has 0 aliphatic carbocycles. The van der Waals surface area contributed by atoms with Crippen LogP contribution in [0.1, 0.15) is 35.1 Å². The van der Waals surface area contributed by atoms with Crippen molar-refractivity contribution >= 4 is 23.7 Å². The second-order valence-electron chi connectivity index (χ2n) is 7.80. The number of amides is 2. The van der Waals surface area contributed by atoms with Gasteiger partial charge in [0.25, 0.3) is 0 Å². The van der Waals surface area contributed by atoms with E-state index in [1.807, 2.05) is 24.0 Å². The Morgan fingerprint density at radius 3 is 2.90 bits per heavy atom. The van der Waals surface area contributed by atoms with Crippen LogP contribution in [0.3, 0.4) is 0 Å². The molecule has 6 heteroatoms. The predicted octanol–water partition coefficient (Wildman–Crippen LogP) is 3.83. The molecule has 0 unspecified atom stereocenters.